The topological polar surface area (TPSA) is 66.9 Å². The number of benzene rings is 2. The summed E-state index contributed by atoms with van der Waals surface area (Å²) in [6, 6.07) is 20.1. The Bertz CT molecular complexity index is 1120. The average Bonchev–Trinajstić information content (AvgIpc) is 3.29. The molecule has 0 saturated carbocycles. The van der Waals surface area contributed by atoms with Crippen molar-refractivity contribution >= 4 is 38.9 Å². The van der Waals surface area contributed by atoms with E-state index < -0.39 is 11.7 Å². The molecule has 4 nitrogen and oxygen atoms in total. The standard InChI is InChI=1S/C20H11ClN2O2S/c21-14-6-2-1-5-12(14)16-9-10-17(25-16)19(24)13(11-22)20-23-15-7-3-4-8-18(15)26-20/h1-10,13H. The normalized spacial score (nSPS) is 12.0. The third-order valence-corrected chi connectivity index (χ3v) is 5.37. The summed E-state index contributed by atoms with van der Waals surface area (Å²) < 4.78 is 6.62. The van der Waals surface area contributed by atoms with E-state index in [0.717, 1.165) is 10.2 Å². The Hall–Kier alpha value is -2.94. The van der Waals surface area contributed by atoms with Crippen LogP contribution in [0.3, 0.4) is 0 Å². The minimum Gasteiger partial charge on any atom is -0.453 e. The van der Waals surface area contributed by atoms with Gasteiger partial charge >= 0.3 is 0 Å². The zero-order valence-corrected chi connectivity index (χ0v) is 14.9. The van der Waals surface area contributed by atoms with Crippen LogP contribution in [-0.2, 0) is 0 Å². The molecule has 26 heavy (non-hydrogen) atoms. The molecule has 126 valence electrons. The second-order valence-electron chi connectivity index (χ2n) is 5.59. The maximum Gasteiger partial charge on any atom is 0.222 e. The number of nitriles is 1. The van der Waals surface area contributed by atoms with Crippen molar-refractivity contribution in [1.82, 2.24) is 4.98 Å². The van der Waals surface area contributed by atoms with E-state index in [1.54, 1.807) is 18.2 Å². The lowest BCUT2D eigenvalue weighted by atomic mass is 10.1. The zero-order valence-electron chi connectivity index (χ0n) is 13.3. The Morgan fingerprint density at radius 3 is 2.65 bits per heavy atom. The molecule has 0 spiro atoms. The number of nitrogens with zero attached hydrogens (tertiary/aromatic N) is 2. The van der Waals surface area contributed by atoms with Crippen LogP contribution in [-0.4, -0.2) is 10.8 Å². The molecule has 0 aliphatic carbocycles. The van der Waals surface area contributed by atoms with Gasteiger partial charge in [0.05, 0.1) is 21.3 Å². The number of Topliss-reactive ketones (excluding diaryl/α,β-unsaturated/α-hetero) is 1. The summed E-state index contributed by atoms with van der Waals surface area (Å²) in [5.74, 6) is -0.812. The average molecular weight is 379 g/mol. The lowest BCUT2D eigenvalue weighted by Gasteiger charge is -2.03. The van der Waals surface area contributed by atoms with E-state index in [1.165, 1.54) is 11.3 Å². The number of fused-ring (bicyclic) bond motifs is 1. The SMILES string of the molecule is N#CC(C(=O)c1ccc(-c2ccccc2Cl)o1)c1nc2ccccc2s1. The second-order valence-corrected chi connectivity index (χ2v) is 7.06. The van der Waals surface area contributed by atoms with Gasteiger partial charge in [-0.15, -0.1) is 11.3 Å². The fourth-order valence-electron chi connectivity index (χ4n) is 2.66. The summed E-state index contributed by atoms with van der Waals surface area (Å²) in [7, 11) is 0. The van der Waals surface area contributed by atoms with Crippen LogP contribution in [0, 0.1) is 11.3 Å². The number of furan rings is 1. The number of thiazole rings is 1. The predicted octanol–water partition coefficient (Wildman–Crippen LogP) is 5.70. The van der Waals surface area contributed by atoms with Crippen molar-refractivity contribution < 1.29 is 9.21 Å². The number of para-hydroxylation sites is 1. The predicted molar refractivity (Wildman–Crippen MR) is 101 cm³/mol. The first-order valence-corrected chi connectivity index (χ1v) is 9.01. The minimum absolute atomic E-state index is 0.116. The van der Waals surface area contributed by atoms with E-state index in [-0.39, 0.29) is 5.76 Å². The summed E-state index contributed by atoms with van der Waals surface area (Å²) >= 11 is 7.51. The molecule has 0 saturated heterocycles. The molecule has 2 heterocycles. The molecule has 0 bridgehead atoms. The first kappa shape index (κ1) is 16.5. The van der Waals surface area contributed by atoms with Crippen molar-refractivity contribution in [2.24, 2.45) is 0 Å². The third kappa shape index (κ3) is 2.90. The molecule has 0 N–H and O–H groups in total. The fourth-order valence-corrected chi connectivity index (χ4v) is 3.90. The molecule has 0 aliphatic rings. The van der Waals surface area contributed by atoms with Gasteiger partial charge in [-0.2, -0.15) is 5.26 Å². The smallest absolute Gasteiger partial charge is 0.222 e. The van der Waals surface area contributed by atoms with Crippen LogP contribution >= 0.6 is 22.9 Å². The lowest BCUT2D eigenvalue weighted by Crippen LogP contribution is -2.10. The van der Waals surface area contributed by atoms with Gasteiger partial charge in [-0.25, -0.2) is 4.98 Å². The number of carbonyl (C=O) groups excluding carboxylic acids is 1. The number of carbonyl (C=O) groups is 1. The number of ketones is 1. The summed E-state index contributed by atoms with van der Waals surface area (Å²) in [5.41, 5.74) is 1.47. The van der Waals surface area contributed by atoms with Gasteiger partial charge in [0.1, 0.15) is 10.8 Å². The van der Waals surface area contributed by atoms with Crippen LogP contribution in [0.1, 0.15) is 21.5 Å². The van der Waals surface area contributed by atoms with Gasteiger partial charge in [0.2, 0.25) is 5.78 Å². The fraction of sp³-hybridized carbons (Fsp3) is 0.0500. The van der Waals surface area contributed by atoms with Crippen LogP contribution in [0.2, 0.25) is 5.02 Å². The monoisotopic (exact) mass is 378 g/mol. The number of hydrogen-bond acceptors (Lipinski definition) is 5. The van der Waals surface area contributed by atoms with Crippen molar-refractivity contribution in [3.8, 4) is 17.4 Å². The Kier molecular flexibility index (Phi) is 4.29. The van der Waals surface area contributed by atoms with Gasteiger partial charge in [-0.3, -0.25) is 4.79 Å². The number of halogens is 1. The zero-order chi connectivity index (χ0) is 18.1. The highest BCUT2D eigenvalue weighted by molar-refractivity contribution is 7.18. The molecular weight excluding hydrogens is 368 g/mol. The summed E-state index contributed by atoms with van der Waals surface area (Å²) in [4.78, 5) is 17.2. The maximum absolute atomic E-state index is 12.8. The van der Waals surface area contributed by atoms with Gasteiger partial charge in [0.15, 0.2) is 11.7 Å². The van der Waals surface area contributed by atoms with Crippen LogP contribution in [0.25, 0.3) is 21.5 Å². The summed E-state index contributed by atoms with van der Waals surface area (Å²) in [6.07, 6.45) is 0. The second kappa shape index (κ2) is 6.75. The van der Waals surface area contributed by atoms with Crippen molar-refractivity contribution in [3.63, 3.8) is 0 Å². The molecule has 0 aliphatic heterocycles. The van der Waals surface area contributed by atoms with Crippen molar-refractivity contribution in [1.29, 1.82) is 5.26 Å². The highest BCUT2D eigenvalue weighted by atomic mass is 35.5. The molecule has 1 atom stereocenters. The van der Waals surface area contributed by atoms with Gasteiger partial charge < -0.3 is 4.42 Å². The molecule has 2 aromatic carbocycles. The van der Waals surface area contributed by atoms with Crippen molar-refractivity contribution in [2.45, 2.75) is 5.92 Å². The molecule has 0 radical (unpaired) electrons. The largest absolute Gasteiger partial charge is 0.453 e. The van der Waals surface area contributed by atoms with Gasteiger partial charge in [-0.05, 0) is 36.4 Å². The lowest BCUT2D eigenvalue weighted by molar-refractivity contribution is 0.0952. The molecule has 4 rings (SSSR count). The summed E-state index contributed by atoms with van der Waals surface area (Å²) in [6.45, 7) is 0. The first-order valence-electron chi connectivity index (χ1n) is 7.81. The van der Waals surface area contributed by atoms with Crippen molar-refractivity contribution in [3.05, 3.63) is 76.5 Å². The van der Waals surface area contributed by atoms with Crippen LogP contribution in [0.15, 0.2) is 65.1 Å². The molecule has 1 unspecified atom stereocenters. The molecule has 2 aromatic heterocycles. The van der Waals surface area contributed by atoms with E-state index in [9.17, 15) is 10.1 Å². The first-order chi connectivity index (χ1) is 12.7. The Morgan fingerprint density at radius 1 is 1.12 bits per heavy atom. The Morgan fingerprint density at radius 2 is 1.88 bits per heavy atom. The van der Waals surface area contributed by atoms with Crippen LogP contribution in [0.4, 0.5) is 0 Å². The summed E-state index contributed by atoms with van der Waals surface area (Å²) in [5, 5.41) is 10.5. The maximum atomic E-state index is 12.8. The highest BCUT2D eigenvalue weighted by Crippen LogP contribution is 2.32. The quantitative estimate of drug-likeness (QED) is 0.427. The number of hydrogen-bond donors (Lipinski definition) is 0. The molecular formula is C20H11ClN2O2S. The van der Waals surface area contributed by atoms with Crippen LogP contribution in [0.5, 0.6) is 0 Å². The van der Waals surface area contributed by atoms with Crippen LogP contribution < -0.4 is 0 Å². The highest BCUT2D eigenvalue weighted by Gasteiger charge is 2.28. The Balaban J connectivity index is 1.68. The van der Waals surface area contributed by atoms with E-state index >= 15 is 0 Å². The molecule has 0 fully saturated rings. The minimum atomic E-state index is -1.00. The number of aromatic nitrogens is 1. The third-order valence-electron chi connectivity index (χ3n) is 3.94. The molecule has 6 heteroatoms. The van der Waals surface area contributed by atoms with Gasteiger partial charge in [0.25, 0.3) is 0 Å². The van der Waals surface area contributed by atoms with E-state index in [0.29, 0.717) is 21.4 Å². The Labute approximate surface area is 158 Å². The van der Waals surface area contributed by atoms with E-state index in [1.807, 2.05) is 42.5 Å². The van der Waals surface area contributed by atoms with Gasteiger partial charge in [-0.1, -0.05) is 35.9 Å². The molecule has 0 amide bonds. The van der Waals surface area contributed by atoms with Crippen molar-refractivity contribution in [2.75, 3.05) is 0 Å². The van der Waals surface area contributed by atoms with E-state index in [4.69, 9.17) is 16.0 Å². The number of rotatable bonds is 4. The van der Waals surface area contributed by atoms with E-state index in [2.05, 4.69) is 11.1 Å². The van der Waals surface area contributed by atoms with Gasteiger partial charge in [0, 0.05) is 5.56 Å². The molecule has 4 aromatic rings.